The minimum absolute atomic E-state index is 0.0375. The van der Waals surface area contributed by atoms with E-state index in [1.807, 2.05) is 0 Å². The number of hydrogen-bond donors (Lipinski definition) is 3. The fraction of sp³-hybridized carbons (Fsp3) is 0.400. The van der Waals surface area contributed by atoms with Gasteiger partial charge in [-0.2, -0.15) is 5.26 Å². The van der Waals surface area contributed by atoms with Crippen molar-refractivity contribution in [3.8, 4) is 6.07 Å². The van der Waals surface area contributed by atoms with E-state index in [-0.39, 0.29) is 11.7 Å². The Labute approximate surface area is 206 Å². The molecule has 1 saturated heterocycles. The number of aromatic nitrogens is 1. The van der Waals surface area contributed by atoms with Gasteiger partial charge >= 0.3 is 0 Å². The number of benzene rings is 1. The molecule has 1 fully saturated rings. The molecule has 1 aromatic carbocycles. The van der Waals surface area contributed by atoms with Crippen molar-refractivity contribution in [2.75, 3.05) is 45.6 Å². The van der Waals surface area contributed by atoms with Crippen LogP contribution in [0.3, 0.4) is 0 Å². The van der Waals surface area contributed by atoms with Crippen LogP contribution in [0.1, 0.15) is 48.5 Å². The van der Waals surface area contributed by atoms with Gasteiger partial charge in [0.2, 0.25) is 10.0 Å². The van der Waals surface area contributed by atoms with Gasteiger partial charge in [0.25, 0.3) is 5.91 Å². The zero-order chi connectivity index (χ0) is 24.8. The van der Waals surface area contributed by atoms with Crippen LogP contribution in [0, 0.1) is 17.2 Å². The Morgan fingerprint density at radius 2 is 2.00 bits per heavy atom. The predicted octanol–water partition coefficient (Wildman–Crippen LogP) is 3.95. The van der Waals surface area contributed by atoms with Crippen LogP contribution < -0.4 is 20.3 Å². The second-order valence-electron chi connectivity index (χ2n) is 8.75. The lowest BCUT2D eigenvalue weighted by Gasteiger charge is -2.34. The highest BCUT2D eigenvalue weighted by molar-refractivity contribution is 7.92. The number of rotatable bonds is 3. The molecule has 4 heterocycles. The van der Waals surface area contributed by atoms with Gasteiger partial charge in [0.1, 0.15) is 17.7 Å². The SMILES string of the molecule is CCS(=O)(=O)Nc1ccc2c(c1)N1CCC(C/C=C/CCNc3nc(ccc3C#N)NC2=O)CC1. The normalized spacial score (nSPS) is 17.9. The third-order valence-electron chi connectivity index (χ3n) is 6.35. The Hall–Kier alpha value is -3.58. The first-order chi connectivity index (χ1) is 16.9. The van der Waals surface area contributed by atoms with Crippen LogP contribution in [0.4, 0.5) is 23.0 Å². The number of carbonyl (C=O) groups excluding carboxylic acids is 1. The first-order valence-corrected chi connectivity index (χ1v) is 13.5. The van der Waals surface area contributed by atoms with E-state index in [1.54, 1.807) is 37.3 Å². The average molecular weight is 495 g/mol. The van der Waals surface area contributed by atoms with E-state index in [2.05, 4.69) is 43.5 Å². The van der Waals surface area contributed by atoms with Crippen molar-refractivity contribution in [3.63, 3.8) is 0 Å². The maximum Gasteiger partial charge on any atom is 0.258 e. The summed E-state index contributed by atoms with van der Waals surface area (Å²) in [6, 6.07) is 10.3. The van der Waals surface area contributed by atoms with Crippen molar-refractivity contribution in [1.82, 2.24) is 4.98 Å². The third-order valence-corrected chi connectivity index (χ3v) is 7.65. The molecule has 0 spiro atoms. The minimum atomic E-state index is -3.45. The second-order valence-corrected chi connectivity index (χ2v) is 10.8. The van der Waals surface area contributed by atoms with Crippen LogP contribution in [-0.4, -0.2) is 44.7 Å². The van der Waals surface area contributed by atoms with Gasteiger partial charge in [0.05, 0.1) is 28.3 Å². The molecule has 35 heavy (non-hydrogen) atoms. The van der Waals surface area contributed by atoms with E-state index in [9.17, 15) is 18.5 Å². The maximum atomic E-state index is 13.3. The topological polar surface area (TPSA) is 127 Å². The summed E-state index contributed by atoms with van der Waals surface area (Å²) >= 11 is 0. The lowest BCUT2D eigenvalue weighted by Crippen LogP contribution is -2.35. The number of hydrogen-bond acceptors (Lipinski definition) is 7. The highest BCUT2D eigenvalue weighted by atomic mass is 32.2. The van der Waals surface area contributed by atoms with Crippen molar-refractivity contribution in [3.05, 3.63) is 53.6 Å². The fourth-order valence-corrected chi connectivity index (χ4v) is 4.96. The smallest absolute Gasteiger partial charge is 0.258 e. The zero-order valence-corrected chi connectivity index (χ0v) is 20.6. The Kier molecular flexibility index (Phi) is 7.56. The average Bonchev–Trinajstić information content (AvgIpc) is 2.86. The standard InChI is InChI=1S/C25H30N6O3S/c1-2-35(33,34)30-20-8-9-21-22(16-20)31-14-11-18(12-15-31)6-4-3-5-13-27-24-19(17-26)7-10-23(28-24)29-25(21)32/h3-4,7-10,16,18,30H,2,5-6,11-15H2,1H3,(H2,27,28,29,32)/b4-3+. The Bertz CT molecular complexity index is 1260. The molecule has 0 aliphatic carbocycles. The monoisotopic (exact) mass is 494 g/mol. The summed E-state index contributed by atoms with van der Waals surface area (Å²) < 4.78 is 26.8. The highest BCUT2D eigenvalue weighted by Gasteiger charge is 2.24. The van der Waals surface area contributed by atoms with Gasteiger partial charge in [-0.05, 0) is 68.9 Å². The molecule has 3 aliphatic rings. The summed E-state index contributed by atoms with van der Waals surface area (Å²) in [6.07, 6.45) is 8.14. The van der Waals surface area contributed by atoms with Gasteiger partial charge in [-0.1, -0.05) is 12.2 Å². The van der Waals surface area contributed by atoms with E-state index in [1.165, 1.54) is 0 Å². The van der Waals surface area contributed by atoms with Crippen LogP contribution in [0.15, 0.2) is 42.5 Å². The number of nitrogens with one attached hydrogen (secondary N) is 3. The number of carbonyl (C=O) groups is 1. The number of nitriles is 1. The van der Waals surface area contributed by atoms with Crippen molar-refractivity contribution in [2.45, 2.75) is 32.6 Å². The maximum absolute atomic E-state index is 13.3. The largest absolute Gasteiger partial charge is 0.371 e. The summed E-state index contributed by atoms with van der Waals surface area (Å²) in [7, 11) is -3.45. The summed E-state index contributed by atoms with van der Waals surface area (Å²) in [5.41, 5.74) is 1.96. The highest BCUT2D eigenvalue weighted by Crippen LogP contribution is 2.31. The van der Waals surface area contributed by atoms with Gasteiger partial charge < -0.3 is 15.5 Å². The molecule has 9 nitrogen and oxygen atoms in total. The molecule has 1 amide bonds. The summed E-state index contributed by atoms with van der Waals surface area (Å²) in [5, 5.41) is 15.5. The minimum Gasteiger partial charge on any atom is -0.371 e. The molecule has 10 heteroatoms. The quantitative estimate of drug-likeness (QED) is 0.552. The van der Waals surface area contributed by atoms with Crippen molar-refractivity contribution >= 4 is 38.9 Å². The van der Waals surface area contributed by atoms with Gasteiger partial charge in [0.15, 0.2) is 0 Å². The number of amides is 1. The van der Waals surface area contributed by atoms with Crippen molar-refractivity contribution < 1.29 is 13.2 Å². The van der Waals surface area contributed by atoms with Gasteiger partial charge in [-0.15, -0.1) is 0 Å². The zero-order valence-electron chi connectivity index (χ0n) is 19.8. The van der Waals surface area contributed by atoms with E-state index in [0.29, 0.717) is 46.6 Å². The lowest BCUT2D eigenvalue weighted by atomic mass is 9.92. The van der Waals surface area contributed by atoms with Gasteiger partial charge in [-0.25, -0.2) is 13.4 Å². The predicted molar refractivity (Wildman–Crippen MR) is 138 cm³/mol. The molecule has 4 bridgehead atoms. The second kappa shape index (κ2) is 10.8. The van der Waals surface area contributed by atoms with E-state index >= 15 is 0 Å². The van der Waals surface area contributed by atoms with E-state index in [4.69, 9.17) is 0 Å². The molecule has 0 radical (unpaired) electrons. The first kappa shape index (κ1) is 24.5. The fourth-order valence-electron chi connectivity index (χ4n) is 4.33. The number of fused-ring (bicyclic) bond motifs is 7. The molecule has 5 rings (SSSR count). The molecule has 3 N–H and O–H groups in total. The number of anilines is 4. The number of piperidine rings is 1. The van der Waals surface area contributed by atoms with Gasteiger partial charge in [-0.3, -0.25) is 9.52 Å². The van der Waals surface area contributed by atoms with Crippen LogP contribution in [0.5, 0.6) is 0 Å². The molecule has 3 aliphatic heterocycles. The van der Waals surface area contributed by atoms with Crippen molar-refractivity contribution in [1.29, 1.82) is 5.26 Å². The number of pyridine rings is 1. The number of allylic oxidation sites excluding steroid dienone is 1. The molecule has 184 valence electrons. The van der Waals surface area contributed by atoms with E-state index in [0.717, 1.165) is 38.8 Å². The van der Waals surface area contributed by atoms with Crippen molar-refractivity contribution in [2.24, 2.45) is 5.92 Å². The Balaban J connectivity index is 1.71. The summed E-state index contributed by atoms with van der Waals surface area (Å²) in [6.45, 7) is 3.77. The third kappa shape index (κ3) is 6.11. The van der Waals surface area contributed by atoms with Gasteiger partial charge in [0, 0.05) is 19.6 Å². The first-order valence-electron chi connectivity index (χ1n) is 11.9. The molecular formula is C25H30N6O3S. The van der Waals surface area contributed by atoms with Crippen LogP contribution in [0.25, 0.3) is 0 Å². The summed E-state index contributed by atoms with van der Waals surface area (Å²) in [5.74, 6) is 0.936. The van der Waals surface area contributed by atoms with Crippen LogP contribution >= 0.6 is 0 Å². The molecular weight excluding hydrogens is 464 g/mol. The van der Waals surface area contributed by atoms with E-state index < -0.39 is 10.0 Å². The molecule has 1 aromatic heterocycles. The number of nitrogens with zero attached hydrogens (tertiary/aromatic N) is 3. The Morgan fingerprint density at radius 1 is 1.20 bits per heavy atom. The Morgan fingerprint density at radius 3 is 2.74 bits per heavy atom. The summed E-state index contributed by atoms with van der Waals surface area (Å²) in [4.78, 5) is 19.9. The molecule has 0 atom stereocenters. The van der Waals surface area contributed by atoms with Crippen LogP contribution in [-0.2, 0) is 10.0 Å². The molecule has 0 unspecified atom stereocenters. The number of sulfonamides is 1. The molecule has 2 aromatic rings. The lowest BCUT2D eigenvalue weighted by molar-refractivity contribution is 0.102. The van der Waals surface area contributed by atoms with Crippen LogP contribution in [0.2, 0.25) is 0 Å². The molecule has 0 saturated carbocycles.